The molecule has 0 atom stereocenters. The number of anilines is 1. The first-order chi connectivity index (χ1) is 10.7. The third-order valence-electron chi connectivity index (χ3n) is 4.50. The largest absolute Gasteiger partial charge is 0.337 e. The van der Waals surface area contributed by atoms with Crippen molar-refractivity contribution in [3.05, 3.63) is 48.3 Å². The van der Waals surface area contributed by atoms with E-state index in [9.17, 15) is 4.79 Å². The number of nitrogens with one attached hydrogen (secondary N) is 2. The summed E-state index contributed by atoms with van der Waals surface area (Å²) in [7, 11) is 0. The molecule has 1 aromatic carbocycles. The molecule has 1 aliphatic carbocycles. The molecule has 2 N–H and O–H groups in total. The molecule has 116 valence electrons. The van der Waals surface area contributed by atoms with Gasteiger partial charge in [0.1, 0.15) is 0 Å². The number of hydrogen-bond acceptors (Lipinski definition) is 2. The fourth-order valence-electron chi connectivity index (χ4n) is 2.99. The van der Waals surface area contributed by atoms with Crippen molar-refractivity contribution < 1.29 is 4.79 Å². The van der Waals surface area contributed by atoms with Gasteiger partial charge in [0, 0.05) is 24.7 Å². The maximum atomic E-state index is 12.1. The van der Waals surface area contributed by atoms with Gasteiger partial charge in [-0.3, -0.25) is 4.68 Å². The molecule has 1 aromatic heterocycles. The molecule has 0 unspecified atom stereocenters. The molecule has 5 heteroatoms. The summed E-state index contributed by atoms with van der Waals surface area (Å²) in [5.41, 5.74) is 2.15. The standard InChI is InChI=1S/C17H22N4O/c1-2-21-12-15(11-19-21)20-16(22)18-13-17(9-6-10-17)14-7-4-3-5-8-14/h3-5,7-8,11-12H,2,6,9-10,13H2,1H3,(H2,18,20,22). The fraction of sp³-hybridized carbons (Fsp3) is 0.412. The maximum absolute atomic E-state index is 12.1. The highest BCUT2D eigenvalue weighted by atomic mass is 16.2. The lowest BCUT2D eigenvalue weighted by atomic mass is 9.64. The van der Waals surface area contributed by atoms with Crippen LogP contribution >= 0.6 is 0 Å². The number of aromatic nitrogens is 2. The average Bonchev–Trinajstić information content (AvgIpc) is 2.95. The Balaban J connectivity index is 1.58. The molecule has 1 heterocycles. The van der Waals surface area contributed by atoms with Crippen molar-refractivity contribution in [2.45, 2.75) is 38.1 Å². The lowest BCUT2D eigenvalue weighted by molar-refractivity contribution is 0.222. The first kappa shape index (κ1) is 14.6. The summed E-state index contributed by atoms with van der Waals surface area (Å²) in [6, 6.07) is 10.3. The van der Waals surface area contributed by atoms with E-state index in [2.05, 4.69) is 40.0 Å². The van der Waals surface area contributed by atoms with Crippen LogP contribution in [0.4, 0.5) is 10.5 Å². The predicted molar refractivity (Wildman–Crippen MR) is 86.9 cm³/mol. The number of nitrogens with zero attached hydrogens (tertiary/aromatic N) is 2. The maximum Gasteiger partial charge on any atom is 0.319 e. The summed E-state index contributed by atoms with van der Waals surface area (Å²) < 4.78 is 1.78. The molecule has 0 aliphatic heterocycles. The Morgan fingerprint density at radius 2 is 2.09 bits per heavy atom. The van der Waals surface area contributed by atoms with Crippen molar-refractivity contribution in [2.75, 3.05) is 11.9 Å². The summed E-state index contributed by atoms with van der Waals surface area (Å²) in [5.74, 6) is 0. The average molecular weight is 298 g/mol. The molecule has 3 rings (SSSR count). The van der Waals surface area contributed by atoms with Gasteiger partial charge in [-0.2, -0.15) is 5.10 Å². The monoisotopic (exact) mass is 298 g/mol. The molecule has 1 fully saturated rings. The Morgan fingerprint density at radius 3 is 2.68 bits per heavy atom. The zero-order valence-electron chi connectivity index (χ0n) is 12.9. The van der Waals surface area contributed by atoms with Gasteiger partial charge in [-0.1, -0.05) is 36.8 Å². The number of carbonyl (C=O) groups excluding carboxylic acids is 1. The van der Waals surface area contributed by atoms with E-state index in [0.29, 0.717) is 6.54 Å². The highest BCUT2D eigenvalue weighted by Gasteiger charge is 2.38. The highest BCUT2D eigenvalue weighted by Crippen LogP contribution is 2.43. The zero-order chi connectivity index (χ0) is 15.4. The number of rotatable bonds is 5. The summed E-state index contributed by atoms with van der Waals surface area (Å²) in [6.07, 6.45) is 6.98. The van der Waals surface area contributed by atoms with Crippen LogP contribution in [0, 0.1) is 0 Å². The molecule has 0 saturated heterocycles. The predicted octanol–water partition coefficient (Wildman–Crippen LogP) is 3.15. The van der Waals surface area contributed by atoms with Crippen LogP contribution in [0.2, 0.25) is 0 Å². The van der Waals surface area contributed by atoms with Gasteiger partial charge in [0.2, 0.25) is 0 Å². The van der Waals surface area contributed by atoms with E-state index in [1.54, 1.807) is 10.9 Å². The van der Waals surface area contributed by atoms with Crippen LogP contribution in [-0.4, -0.2) is 22.4 Å². The Labute approximate surface area is 130 Å². The molecule has 0 spiro atoms. The Bertz CT molecular complexity index is 631. The Hall–Kier alpha value is -2.30. The second kappa shape index (κ2) is 6.22. The van der Waals surface area contributed by atoms with Gasteiger partial charge >= 0.3 is 6.03 Å². The SMILES string of the molecule is CCn1cc(NC(=O)NCC2(c3ccccc3)CCC2)cn1. The molecule has 0 bridgehead atoms. The van der Waals surface area contributed by atoms with Gasteiger partial charge < -0.3 is 10.6 Å². The molecule has 5 nitrogen and oxygen atoms in total. The van der Waals surface area contributed by atoms with Gasteiger partial charge in [-0.05, 0) is 25.3 Å². The summed E-state index contributed by atoms with van der Waals surface area (Å²) in [6.45, 7) is 3.47. The Kier molecular flexibility index (Phi) is 4.13. The minimum Gasteiger partial charge on any atom is -0.337 e. The fourth-order valence-corrected chi connectivity index (χ4v) is 2.99. The minimum atomic E-state index is -0.169. The molecule has 1 saturated carbocycles. The number of benzene rings is 1. The third kappa shape index (κ3) is 2.98. The quantitative estimate of drug-likeness (QED) is 0.891. The summed E-state index contributed by atoms with van der Waals surface area (Å²) in [5, 5.41) is 9.99. The summed E-state index contributed by atoms with van der Waals surface area (Å²) >= 11 is 0. The molecular weight excluding hydrogens is 276 g/mol. The van der Waals surface area contributed by atoms with E-state index < -0.39 is 0 Å². The van der Waals surface area contributed by atoms with E-state index in [4.69, 9.17) is 0 Å². The molecule has 1 aliphatic rings. The van der Waals surface area contributed by atoms with Crippen molar-refractivity contribution in [3.8, 4) is 0 Å². The minimum absolute atomic E-state index is 0.103. The molecule has 22 heavy (non-hydrogen) atoms. The Morgan fingerprint density at radius 1 is 1.32 bits per heavy atom. The van der Waals surface area contributed by atoms with Crippen molar-refractivity contribution in [3.63, 3.8) is 0 Å². The van der Waals surface area contributed by atoms with Gasteiger partial charge in [0.15, 0.2) is 0 Å². The molecular formula is C17H22N4O. The number of amides is 2. The van der Waals surface area contributed by atoms with Crippen LogP contribution in [0.5, 0.6) is 0 Å². The first-order valence-corrected chi connectivity index (χ1v) is 7.85. The number of hydrogen-bond donors (Lipinski definition) is 2. The van der Waals surface area contributed by atoms with E-state index >= 15 is 0 Å². The highest BCUT2D eigenvalue weighted by molar-refractivity contribution is 5.88. The van der Waals surface area contributed by atoms with Crippen molar-refractivity contribution in [1.29, 1.82) is 0 Å². The molecule has 0 radical (unpaired) electrons. The smallest absolute Gasteiger partial charge is 0.319 e. The van der Waals surface area contributed by atoms with Gasteiger partial charge in [0.05, 0.1) is 11.9 Å². The van der Waals surface area contributed by atoms with Crippen LogP contribution in [0.15, 0.2) is 42.7 Å². The van der Waals surface area contributed by atoms with Crippen molar-refractivity contribution in [2.24, 2.45) is 0 Å². The van der Waals surface area contributed by atoms with Crippen LogP contribution in [0.1, 0.15) is 31.7 Å². The lowest BCUT2D eigenvalue weighted by Gasteiger charge is -2.42. The summed E-state index contributed by atoms with van der Waals surface area (Å²) in [4.78, 5) is 12.1. The molecule has 2 amide bonds. The van der Waals surface area contributed by atoms with Crippen LogP contribution in [0.3, 0.4) is 0 Å². The van der Waals surface area contributed by atoms with Crippen molar-refractivity contribution >= 4 is 11.7 Å². The van der Waals surface area contributed by atoms with Crippen LogP contribution in [-0.2, 0) is 12.0 Å². The van der Waals surface area contributed by atoms with E-state index in [0.717, 1.165) is 25.1 Å². The second-order valence-corrected chi connectivity index (χ2v) is 5.89. The van der Waals surface area contributed by atoms with E-state index in [-0.39, 0.29) is 11.4 Å². The van der Waals surface area contributed by atoms with Crippen LogP contribution in [0.25, 0.3) is 0 Å². The number of urea groups is 1. The number of aryl methyl sites for hydroxylation is 1. The van der Waals surface area contributed by atoms with Gasteiger partial charge in [-0.15, -0.1) is 0 Å². The lowest BCUT2D eigenvalue weighted by Crippen LogP contribution is -2.46. The normalized spacial score (nSPS) is 15.9. The zero-order valence-corrected chi connectivity index (χ0v) is 12.9. The van der Waals surface area contributed by atoms with Gasteiger partial charge in [-0.25, -0.2) is 4.79 Å². The van der Waals surface area contributed by atoms with Crippen molar-refractivity contribution in [1.82, 2.24) is 15.1 Å². The number of carbonyl (C=O) groups is 1. The topological polar surface area (TPSA) is 59.0 Å². The third-order valence-corrected chi connectivity index (χ3v) is 4.50. The van der Waals surface area contributed by atoms with E-state index in [1.807, 2.05) is 19.2 Å². The molecule has 2 aromatic rings. The van der Waals surface area contributed by atoms with Gasteiger partial charge in [0.25, 0.3) is 0 Å². The second-order valence-electron chi connectivity index (χ2n) is 5.89. The van der Waals surface area contributed by atoms with E-state index in [1.165, 1.54) is 12.0 Å². The first-order valence-electron chi connectivity index (χ1n) is 7.85. The van der Waals surface area contributed by atoms with Crippen LogP contribution < -0.4 is 10.6 Å².